The number of benzene rings is 3. The van der Waals surface area contributed by atoms with Gasteiger partial charge in [0.05, 0.1) is 19.9 Å². The molecule has 12 heteroatoms. The predicted molar refractivity (Wildman–Crippen MR) is 192 cm³/mol. The average Bonchev–Trinajstić information content (AvgIpc) is 3.12. The SMILES string of the molecule is CCOC(=O)[C@H](CCC(=O)N[C@@H](CS)C(=O)NCC(=O)OC)NC(=O)CCCC[P+](c1ccccc1)(c1ccccc1)c1ccccc1. The van der Waals surface area contributed by atoms with E-state index in [-0.39, 0.29) is 44.1 Å². The Morgan fingerprint density at radius 3 is 1.71 bits per heavy atom. The molecule has 0 saturated carbocycles. The van der Waals surface area contributed by atoms with E-state index < -0.39 is 43.1 Å². The molecule has 10 nitrogen and oxygen atoms in total. The number of rotatable bonds is 19. The minimum absolute atomic E-state index is 0.0147. The Labute approximate surface area is 288 Å². The first-order valence-corrected chi connectivity index (χ1v) is 18.6. The number of methoxy groups -OCH3 is 1. The fourth-order valence-corrected chi connectivity index (χ4v) is 10.0. The molecule has 3 aromatic carbocycles. The topological polar surface area (TPSA) is 140 Å². The van der Waals surface area contributed by atoms with Gasteiger partial charge in [0.15, 0.2) is 0 Å². The maximum absolute atomic E-state index is 13.1. The molecule has 48 heavy (non-hydrogen) atoms. The molecule has 0 bridgehead atoms. The Hall–Kier alpha value is -4.21. The third-order valence-electron chi connectivity index (χ3n) is 7.77. The van der Waals surface area contributed by atoms with Crippen LogP contribution in [-0.2, 0) is 33.4 Å². The van der Waals surface area contributed by atoms with Crippen molar-refractivity contribution in [2.75, 3.05) is 32.2 Å². The first-order chi connectivity index (χ1) is 23.2. The molecule has 0 radical (unpaired) electrons. The van der Waals surface area contributed by atoms with Crippen LogP contribution in [0, 0.1) is 0 Å². The first kappa shape index (κ1) is 38.2. The van der Waals surface area contributed by atoms with Crippen LogP contribution in [0.5, 0.6) is 0 Å². The van der Waals surface area contributed by atoms with Crippen molar-refractivity contribution in [1.82, 2.24) is 16.0 Å². The number of esters is 2. The Morgan fingerprint density at radius 2 is 1.23 bits per heavy atom. The molecule has 0 heterocycles. The Kier molecular flexibility index (Phi) is 16.1. The molecule has 0 saturated heterocycles. The number of thiol groups is 1. The van der Waals surface area contributed by atoms with E-state index in [1.165, 1.54) is 23.0 Å². The maximum Gasteiger partial charge on any atom is 0.328 e. The molecule has 256 valence electrons. The van der Waals surface area contributed by atoms with Crippen molar-refractivity contribution in [2.24, 2.45) is 0 Å². The van der Waals surface area contributed by atoms with Crippen LogP contribution in [0.3, 0.4) is 0 Å². The van der Waals surface area contributed by atoms with E-state index in [2.05, 4.69) is 106 Å². The van der Waals surface area contributed by atoms with Crippen LogP contribution in [0.4, 0.5) is 0 Å². The lowest BCUT2D eigenvalue weighted by molar-refractivity contribution is -0.147. The van der Waals surface area contributed by atoms with Crippen LogP contribution in [0.25, 0.3) is 0 Å². The van der Waals surface area contributed by atoms with Gasteiger partial charge in [-0.1, -0.05) is 54.6 Å². The summed E-state index contributed by atoms with van der Waals surface area (Å²) in [4.78, 5) is 62.1. The molecule has 0 aromatic heterocycles. The fraction of sp³-hybridized carbons (Fsp3) is 0.361. The summed E-state index contributed by atoms with van der Waals surface area (Å²) in [6.45, 7) is 1.43. The third kappa shape index (κ3) is 11.2. The number of ether oxygens (including phenoxy) is 2. The maximum atomic E-state index is 13.1. The highest BCUT2D eigenvalue weighted by atomic mass is 32.1. The Morgan fingerprint density at radius 1 is 0.729 bits per heavy atom. The van der Waals surface area contributed by atoms with Crippen LogP contribution >= 0.6 is 19.9 Å². The van der Waals surface area contributed by atoms with E-state index >= 15 is 0 Å². The van der Waals surface area contributed by atoms with E-state index in [0.717, 1.165) is 12.6 Å². The summed E-state index contributed by atoms with van der Waals surface area (Å²) in [5.74, 6) is -2.72. The van der Waals surface area contributed by atoms with E-state index in [0.29, 0.717) is 6.42 Å². The smallest absolute Gasteiger partial charge is 0.328 e. The second kappa shape index (κ2) is 20.2. The van der Waals surface area contributed by atoms with Crippen LogP contribution in [0.2, 0.25) is 0 Å². The van der Waals surface area contributed by atoms with Gasteiger partial charge in [-0.2, -0.15) is 12.6 Å². The summed E-state index contributed by atoms with van der Waals surface area (Å²) >= 11 is 4.11. The van der Waals surface area contributed by atoms with Crippen molar-refractivity contribution in [2.45, 2.75) is 51.1 Å². The molecule has 0 spiro atoms. The van der Waals surface area contributed by atoms with Crippen molar-refractivity contribution < 1.29 is 33.4 Å². The quantitative estimate of drug-likeness (QED) is 0.0655. The van der Waals surface area contributed by atoms with E-state index in [1.54, 1.807) is 6.92 Å². The molecule has 3 rings (SSSR count). The molecule has 3 N–H and O–H groups in total. The highest BCUT2D eigenvalue weighted by Crippen LogP contribution is 2.55. The van der Waals surface area contributed by atoms with E-state index in [4.69, 9.17) is 4.74 Å². The normalized spacial score (nSPS) is 12.2. The van der Waals surface area contributed by atoms with Gasteiger partial charge in [0, 0.05) is 18.6 Å². The van der Waals surface area contributed by atoms with Gasteiger partial charge >= 0.3 is 11.9 Å². The van der Waals surface area contributed by atoms with Gasteiger partial charge in [0.1, 0.15) is 41.8 Å². The molecular formula is C36H45N3O7PS+. The van der Waals surface area contributed by atoms with Gasteiger partial charge < -0.3 is 25.4 Å². The molecule has 3 aromatic rings. The molecule has 0 aliphatic heterocycles. The Balaban J connectivity index is 1.63. The molecule has 0 unspecified atom stereocenters. The standard InChI is InChI=1S/C36H44N3O7PS/c1-3-46-36(44)30(22-23-33(41)39-31(26-48)35(43)37-25-34(42)45-2)38-32(40)21-13-14-24-47(27-15-7-4-8-16-27,28-17-9-5-10-18-28)29-19-11-6-12-20-29/h4-12,15-20,30-31H,3,13-14,21-26H2,1-2H3,(H3-,37,38,39,40,41,43,48)/p+1/t30-,31-/m0/s1. The molecule has 0 fully saturated rings. The van der Waals surface area contributed by atoms with Gasteiger partial charge in [-0.15, -0.1) is 0 Å². The first-order valence-electron chi connectivity index (χ1n) is 16.0. The van der Waals surface area contributed by atoms with Crippen LogP contribution in [-0.4, -0.2) is 73.9 Å². The van der Waals surface area contributed by atoms with E-state index in [1.807, 2.05) is 18.2 Å². The van der Waals surface area contributed by atoms with Crippen molar-refractivity contribution in [3.05, 3.63) is 91.0 Å². The number of unbranched alkanes of at least 4 members (excludes halogenated alkanes) is 1. The number of carbonyl (C=O) groups is 5. The van der Waals surface area contributed by atoms with Crippen molar-refractivity contribution >= 4 is 65.5 Å². The number of hydrogen-bond donors (Lipinski definition) is 4. The second-order valence-electron chi connectivity index (χ2n) is 11.0. The number of nitrogens with one attached hydrogen (secondary N) is 3. The van der Waals surface area contributed by atoms with Gasteiger partial charge in [0.2, 0.25) is 17.7 Å². The molecule has 0 aliphatic rings. The summed E-state index contributed by atoms with van der Waals surface area (Å²) in [5.41, 5.74) is 0. The number of hydrogen-bond acceptors (Lipinski definition) is 8. The lowest BCUT2D eigenvalue weighted by Gasteiger charge is -2.27. The van der Waals surface area contributed by atoms with Crippen molar-refractivity contribution in [3.63, 3.8) is 0 Å². The molecular weight excluding hydrogens is 649 g/mol. The van der Waals surface area contributed by atoms with Gasteiger partial charge in [0.25, 0.3) is 0 Å². The zero-order valence-electron chi connectivity index (χ0n) is 27.4. The van der Waals surface area contributed by atoms with Crippen LogP contribution in [0.1, 0.15) is 39.0 Å². The lowest BCUT2D eigenvalue weighted by atomic mass is 10.1. The average molecular weight is 695 g/mol. The second-order valence-corrected chi connectivity index (χ2v) is 15.0. The van der Waals surface area contributed by atoms with Crippen LogP contribution in [0.15, 0.2) is 91.0 Å². The highest BCUT2D eigenvalue weighted by molar-refractivity contribution is 7.95. The van der Waals surface area contributed by atoms with Gasteiger partial charge in [-0.25, -0.2) is 4.79 Å². The van der Waals surface area contributed by atoms with Gasteiger partial charge in [-0.3, -0.25) is 19.2 Å². The van der Waals surface area contributed by atoms with Gasteiger partial charge in [-0.05, 0) is 62.6 Å². The minimum atomic E-state index is -2.03. The Bertz CT molecular complexity index is 1380. The molecule has 0 aliphatic carbocycles. The van der Waals surface area contributed by atoms with Crippen molar-refractivity contribution in [3.8, 4) is 0 Å². The summed E-state index contributed by atoms with van der Waals surface area (Å²) in [5, 5.41) is 11.5. The minimum Gasteiger partial charge on any atom is -0.468 e. The largest absolute Gasteiger partial charge is 0.468 e. The predicted octanol–water partition coefficient (Wildman–Crippen LogP) is 2.68. The summed E-state index contributed by atoms with van der Waals surface area (Å²) in [6, 6.07) is 29.6. The van der Waals surface area contributed by atoms with Crippen molar-refractivity contribution in [1.29, 1.82) is 0 Å². The summed E-state index contributed by atoms with van der Waals surface area (Å²) in [7, 11) is -0.832. The van der Waals surface area contributed by atoms with E-state index in [9.17, 15) is 24.0 Å². The zero-order valence-corrected chi connectivity index (χ0v) is 29.2. The lowest BCUT2D eigenvalue weighted by Crippen LogP contribution is -2.49. The number of amides is 3. The fourth-order valence-electron chi connectivity index (χ4n) is 5.37. The summed E-state index contributed by atoms with van der Waals surface area (Å²) < 4.78 is 9.66. The zero-order chi connectivity index (χ0) is 34.8. The summed E-state index contributed by atoms with van der Waals surface area (Å²) in [6.07, 6.45) is 2.25. The monoisotopic (exact) mass is 694 g/mol. The van der Waals surface area contributed by atoms with Crippen LogP contribution < -0.4 is 31.9 Å². The number of carbonyl (C=O) groups excluding carboxylic acids is 5. The highest BCUT2D eigenvalue weighted by Gasteiger charge is 2.44. The molecule has 2 atom stereocenters. The molecule has 3 amide bonds. The third-order valence-corrected chi connectivity index (χ3v) is 12.7.